The maximum Gasteiger partial charge on any atom is 0.257 e. The number of aromatic nitrogens is 1. The highest BCUT2D eigenvalue weighted by molar-refractivity contribution is 6.30. The highest BCUT2D eigenvalue weighted by Crippen LogP contribution is 2.20. The number of hydrogen-bond acceptors (Lipinski definition) is 3. The maximum absolute atomic E-state index is 13.0. The van der Waals surface area contributed by atoms with Crippen LogP contribution in [0.3, 0.4) is 0 Å². The van der Waals surface area contributed by atoms with Crippen molar-refractivity contribution in [1.29, 1.82) is 0 Å². The first-order valence-electron chi connectivity index (χ1n) is 5.46. The average molecular weight is 280 g/mol. The molecule has 19 heavy (non-hydrogen) atoms. The van der Waals surface area contributed by atoms with Crippen molar-refractivity contribution in [2.75, 3.05) is 11.1 Å². The van der Waals surface area contributed by atoms with Gasteiger partial charge in [0.2, 0.25) is 0 Å². The molecule has 1 aromatic heterocycles. The number of halogens is 2. The molecule has 0 atom stereocenters. The Morgan fingerprint density at radius 3 is 2.84 bits per heavy atom. The van der Waals surface area contributed by atoms with Crippen LogP contribution in [0, 0.1) is 12.7 Å². The Balaban J connectivity index is 2.28. The Morgan fingerprint density at radius 1 is 1.42 bits per heavy atom. The lowest BCUT2D eigenvalue weighted by Crippen LogP contribution is -2.15. The van der Waals surface area contributed by atoms with Gasteiger partial charge in [0.05, 0.1) is 17.4 Å². The van der Waals surface area contributed by atoms with E-state index in [0.717, 1.165) is 0 Å². The number of hydrogen-bond donors (Lipinski definition) is 2. The summed E-state index contributed by atoms with van der Waals surface area (Å²) in [5, 5.41) is 2.83. The fraction of sp³-hybridized carbons (Fsp3) is 0.0769. The van der Waals surface area contributed by atoms with Gasteiger partial charge in [0.25, 0.3) is 5.91 Å². The van der Waals surface area contributed by atoms with Gasteiger partial charge in [-0.05, 0) is 36.8 Å². The molecule has 2 rings (SSSR count). The number of benzene rings is 1. The van der Waals surface area contributed by atoms with Gasteiger partial charge in [0.1, 0.15) is 11.0 Å². The van der Waals surface area contributed by atoms with E-state index < -0.39 is 5.91 Å². The molecular formula is C13H11ClFN3O. The Bertz CT molecular complexity index is 646. The smallest absolute Gasteiger partial charge is 0.257 e. The van der Waals surface area contributed by atoms with E-state index in [-0.39, 0.29) is 22.2 Å². The van der Waals surface area contributed by atoms with Crippen LogP contribution in [-0.2, 0) is 0 Å². The van der Waals surface area contributed by atoms with Gasteiger partial charge in [0, 0.05) is 5.69 Å². The molecule has 0 aliphatic rings. The number of carbonyl (C=O) groups is 1. The number of nitrogens with zero attached hydrogens (tertiary/aromatic N) is 1. The van der Waals surface area contributed by atoms with Crippen LogP contribution in [0.2, 0.25) is 5.15 Å². The first-order valence-corrected chi connectivity index (χ1v) is 5.83. The monoisotopic (exact) mass is 279 g/mol. The van der Waals surface area contributed by atoms with Crippen molar-refractivity contribution in [2.24, 2.45) is 0 Å². The average Bonchev–Trinajstić information content (AvgIpc) is 2.35. The van der Waals surface area contributed by atoms with Crippen molar-refractivity contribution >= 4 is 28.9 Å². The second-order valence-corrected chi connectivity index (χ2v) is 4.39. The van der Waals surface area contributed by atoms with Crippen molar-refractivity contribution < 1.29 is 9.18 Å². The van der Waals surface area contributed by atoms with Crippen LogP contribution in [-0.4, -0.2) is 10.9 Å². The van der Waals surface area contributed by atoms with Crippen LogP contribution < -0.4 is 11.1 Å². The topological polar surface area (TPSA) is 68.0 Å². The third kappa shape index (κ3) is 3.00. The largest absolute Gasteiger partial charge is 0.397 e. The summed E-state index contributed by atoms with van der Waals surface area (Å²) in [4.78, 5) is 15.8. The highest BCUT2D eigenvalue weighted by Gasteiger charge is 2.12. The van der Waals surface area contributed by atoms with Crippen LogP contribution in [0.1, 0.15) is 15.9 Å². The molecule has 4 nitrogen and oxygen atoms in total. The van der Waals surface area contributed by atoms with Crippen LogP contribution >= 0.6 is 11.6 Å². The summed E-state index contributed by atoms with van der Waals surface area (Å²) in [6, 6.07) is 5.47. The Labute approximate surface area is 114 Å². The van der Waals surface area contributed by atoms with Gasteiger partial charge >= 0.3 is 0 Å². The van der Waals surface area contributed by atoms with Crippen molar-refractivity contribution in [1.82, 2.24) is 4.98 Å². The summed E-state index contributed by atoms with van der Waals surface area (Å²) in [5.41, 5.74) is 7.24. The zero-order valence-corrected chi connectivity index (χ0v) is 10.8. The van der Waals surface area contributed by atoms with Gasteiger partial charge in [0.15, 0.2) is 0 Å². The van der Waals surface area contributed by atoms with E-state index in [1.165, 1.54) is 30.5 Å². The molecule has 0 saturated heterocycles. The first-order chi connectivity index (χ1) is 8.97. The van der Waals surface area contributed by atoms with E-state index in [4.69, 9.17) is 17.3 Å². The van der Waals surface area contributed by atoms with Crippen molar-refractivity contribution in [2.45, 2.75) is 6.92 Å². The lowest BCUT2D eigenvalue weighted by atomic mass is 10.1. The van der Waals surface area contributed by atoms with E-state index >= 15 is 0 Å². The summed E-state index contributed by atoms with van der Waals surface area (Å²) in [6.07, 6.45) is 1.31. The third-order valence-electron chi connectivity index (χ3n) is 2.58. The second kappa shape index (κ2) is 5.24. The fourth-order valence-electron chi connectivity index (χ4n) is 1.59. The second-order valence-electron chi connectivity index (χ2n) is 4.01. The van der Waals surface area contributed by atoms with Gasteiger partial charge in [-0.3, -0.25) is 4.79 Å². The molecule has 0 spiro atoms. The van der Waals surface area contributed by atoms with Gasteiger partial charge in [-0.25, -0.2) is 9.37 Å². The van der Waals surface area contributed by atoms with Crippen molar-refractivity contribution in [3.05, 3.63) is 52.6 Å². The van der Waals surface area contributed by atoms with E-state index in [0.29, 0.717) is 11.3 Å². The molecule has 0 radical (unpaired) electrons. The minimum Gasteiger partial charge on any atom is -0.397 e. The number of aryl methyl sites for hydroxylation is 1. The third-order valence-corrected chi connectivity index (χ3v) is 2.79. The standard InChI is InChI=1S/C13H11ClFN3O/c1-7-4-8(15)2-3-11(7)18-13(19)9-5-12(14)17-6-10(9)16/h2-6H,16H2,1H3,(H,18,19). The first kappa shape index (κ1) is 13.3. The molecule has 3 N–H and O–H groups in total. The number of nitrogen functional groups attached to an aromatic ring is 1. The predicted molar refractivity (Wildman–Crippen MR) is 72.7 cm³/mol. The lowest BCUT2D eigenvalue weighted by molar-refractivity contribution is 0.102. The van der Waals surface area contributed by atoms with E-state index in [9.17, 15) is 9.18 Å². The van der Waals surface area contributed by atoms with Crippen LogP contribution in [0.5, 0.6) is 0 Å². The maximum atomic E-state index is 13.0. The number of carbonyl (C=O) groups excluding carboxylic acids is 1. The minimum absolute atomic E-state index is 0.176. The number of pyridine rings is 1. The molecule has 0 unspecified atom stereocenters. The molecule has 0 saturated carbocycles. The molecule has 1 amide bonds. The molecule has 6 heteroatoms. The van der Waals surface area contributed by atoms with Gasteiger partial charge in [-0.1, -0.05) is 11.6 Å². The molecule has 2 aromatic rings. The molecule has 98 valence electrons. The zero-order chi connectivity index (χ0) is 14.0. The quantitative estimate of drug-likeness (QED) is 0.830. The molecule has 1 aromatic carbocycles. The van der Waals surface area contributed by atoms with E-state index in [2.05, 4.69) is 10.3 Å². The van der Waals surface area contributed by atoms with Crippen LogP contribution in [0.15, 0.2) is 30.5 Å². The molecule has 1 heterocycles. The molecule has 0 aliphatic carbocycles. The Hall–Kier alpha value is -2.14. The summed E-state index contributed by atoms with van der Waals surface area (Å²) in [6.45, 7) is 1.70. The van der Waals surface area contributed by atoms with Crippen molar-refractivity contribution in [3.8, 4) is 0 Å². The lowest BCUT2D eigenvalue weighted by Gasteiger charge is -2.10. The number of anilines is 2. The Kier molecular flexibility index (Phi) is 3.66. The number of amides is 1. The van der Waals surface area contributed by atoms with Crippen molar-refractivity contribution in [3.63, 3.8) is 0 Å². The van der Waals surface area contributed by atoms with Gasteiger partial charge in [-0.15, -0.1) is 0 Å². The van der Waals surface area contributed by atoms with E-state index in [1.54, 1.807) is 6.92 Å². The highest BCUT2D eigenvalue weighted by atomic mass is 35.5. The summed E-state index contributed by atoms with van der Waals surface area (Å²) in [5.74, 6) is -0.779. The van der Waals surface area contributed by atoms with Gasteiger partial charge in [-0.2, -0.15) is 0 Å². The van der Waals surface area contributed by atoms with Crippen LogP contribution in [0.25, 0.3) is 0 Å². The van der Waals surface area contributed by atoms with E-state index in [1.807, 2.05) is 0 Å². The normalized spacial score (nSPS) is 10.3. The number of nitrogens with one attached hydrogen (secondary N) is 1. The molecule has 0 bridgehead atoms. The summed E-state index contributed by atoms with van der Waals surface area (Å²) >= 11 is 5.72. The molecule has 0 fully saturated rings. The molecular weight excluding hydrogens is 269 g/mol. The zero-order valence-electron chi connectivity index (χ0n) is 10.1. The Morgan fingerprint density at radius 2 is 2.16 bits per heavy atom. The molecule has 0 aliphatic heterocycles. The minimum atomic E-state index is -0.420. The summed E-state index contributed by atoms with van der Waals surface area (Å²) in [7, 11) is 0. The number of nitrogens with two attached hydrogens (primary N) is 1. The SMILES string of the molecule is Cc1cc(F)ccc1NC(=O)c1cc(Cl)ncc1N. The number of rotatable bonds is 2. The van der Waals surface area contributed by atoms with Crippen LogP contribution in [0.4, 0.5) is 15.8 Å². The fourth-order valence-corrected chi connectivity index (χ4v) is 1.75. The predicted octanol–water partition coefficient (Wildman–Crippen LogP) is 3.02. The summed E-state index contributed by atoms with van der Waals surface area (Å²) < 4.78 is 13.0. The van der Waals surface area contributed by atoms with Gasteiger partial charge < -0.3 is 11.1 Å².